The van der Waals surface area contributed by atoms with Gasteiger partial charge in [-0.25, -0.2) is 4.39 Å². The van der Waals surface area contributed by atoms with E-state index in [1.807, 2.05) is 13.1 Å². The zero-order valence-corrected chi connectivity index (χ0v) is 10.1. The van der Waals surface area contributed by atoms with Crippen LogP contribution in [0.5, 0.6) is 0 Å². The second-order valence-corrected chi connectivity index (χ2v) is 4.18. The number of nitrogens with zero attached hydrogens (tertiary/aromatic N) is 1. The van der Waals surface area contributed by atoms with E-state index < -0.39 is 0 Å². The fourth-order valence-corrected chi connectivity index (χ4v) is 1.80. The first-order chi connectivity index (χ1) is 8.08. The summed E-state index contributed by atoms with van der Waals surface area (Å²) >= 11 is 5.92. The van der Waals surface area contributed by atoms with Gasteiger partial charge in [-0.2, -0.15) is 0 Å². The van der Waals surface area contributed by atoms with Crippen molar-refractivity contribution in [2.24, 2.45) is 0 Å². The van der Waals surface area contributed by atoms with E-state index in [2.05, 4.69) is 0 Å². The van der Waals surface area contributed by atoms with Crippen LogP contribution in [0.1, 0.15) is 0 Å². The second-order valence-electron chi connectivity index (χ2n) is 3.74. The Bertz CT molecular complexity index is 543. The van der Waals surface area contributed by atoms with Crippen molar-refractivity contribution >= 4 is 28.7 Å². The molecule has 0 aromatic heterocycles. The zero-order chi connectivity index (χ0) is 12.4. The Morgan fingerprint density at radius 1 is 1.18 bits per heavy atom. The number of benzene rings is 2. The summed E-state index contributed by atoms with van der Waals surface area (Å²) in [6, 6.07) is 11.5. The molecule has 0 amide bonds. The first-order valence-corrected chi connectivity index (χ1v) is 5.50. The van der Waals surface area contributed by atoms with Gasteiger partial charge in [-0.05, 0) is 36.4 Å². The lowest BCUT2D eigenvalue weighted by Gasteiger charge is -2.21. The number of anilines is 3. The van der Waals surface area contributed by atoms with Crippen LogP contribution in [0.25, 0.3) is 0 Å². The van der Waals surface area contributed by atoms with Gasteiger partial charge in [-0.1, -0.05) is 17.7 Å². The van der Waals surface area contributed by atoms with E-state index in [1.54, 1.807) is 29.2 Å². The number of nitrogens with two attached hydrogens (primary N) is 1. The lowest BCUT2D eigenvalue weighted by Crippen LogP contribution is -2.11. The molecule has 0 aliphatic carbocycles. The fraction of sp³-hybridized carbons (Fsp3) is 0.0769. The largest absolute Gasteiger partial charge is 0.397 e. The van der Waals surface area contributed by atoms with E-state index in [0.29, 0.717) is 10.7 Å². The Morgan fingerprint density at radius 2 is 1.94 bits per heavy atom. The SMILES string of the molecule is CN(c1cccc(F)c1)c1cc(Cl)ccc1N. The molecule has 0 heterocycles. The number of nitrogen functional groups attached to an aromatic ring is 1. The van der Waals surface area contributed by atoms with Gasteiger partial charge in [0.25, 0.3) is 0 Å². The van der Waals surface area contributed by atoms with Crippen LogP contribution in [0, 0.1) is 5.82 Å². The van der Waals surface area contributed by atoms with Crippen molar-refractivity contribution in [1.82, 2.24) is 0 Å². The molecule has 2 nitrogen and oxygen atoms in total. The van der Waals surface area contributed by atoms with Crippen LogP contribution in [0.4, 0.5) is 21.5 Å². The molecule has 0 saturated carbocycles. The van der Waals surface area contributed by atoms with Crippen molar-refractivity contribution in [2.45, 2.75) is 0 Å². The van der Waals surface area contributed by atoms with Crippen LogP contribution < -0.4 is 10.6 Å². The molecule has 0 unspecified atom stereocenters. The number of hydrogen-bond donors (Lipinski definition) is 1. The Hall–Kier alpha value is -1.74. The molecule has 0 radical (unpaired) electrons. The van der Waals surface area contributed by atoms with Crippen molar-refractivity contribution in [2.75, 3.05) is 17.7 Å². The Balaban J connectivity index is 2.43. The minimum atomic E-state index is -0.282. The van der Waals surface area contributed by atoms with Gasteiger partial charge in [0.15, 0.2) is 0 Å². The van der Waals surface area contributed by atoms with Crippen LogP contribution in [-0.2, 0) is 0 Å². The number of halogens is 2. The molecule has 0 atom stereocenters. The summed E-state index contributed by atoms with van der Waals surface area (Å²) in [7, 11) is 1.82. The third-order valence-electron chi connectivity index (χ3n) is 2.55. The molecular formula is C13H12ClFN2. The van der Waals surface area contributed by atoms with Gasteiger partial charge in [-0.15, -0.1) is 0 Å². The third-order valence-corrected chi connectivity index (χ3v) is 2.78. The molecule has 88 valence electrons. The molecule has 17 heavy (non-hydrogen) atoms. The topological polar surface area (TPSA) is 29.3 Å². The minimum Gasteiger partial charge on any atom is -0.397 e. The third kappa shape index (κ3) is 2.50. The average molecular weight is 251 g/mol. The highest BCUT2D eigenvalue weighted by molar-refractivity contribution is 6.31. The summed E-state index contributed by atoms with van der Waals surface area (Å²) in [5.41, 5.74) is 7.94. The summed E-state index contributed by atoms with van der Waals surface area (Å²) in [6.07, 6.45) is 0. The summed E-state index contributed by atoms with van der Waals surface area (Å²) < 4.78 is 13.1. The lowest BCUT2D eigenvalue weighted by atomic mass is 10.2. The van der Waals surface area contributed by atoms with Crippen molar-refractivity contribution in [3.8, 4) is 0 Å². The molecule has 0 aliphatic heterocycles. The van der Waals surface area contributed by atoms with Crippen LogP contribution in [0.2, 0.25) is 5.02 Å². The molecule has 0 aliphatic rings. The lowest BCUT2D eigenvalue weighted by molar-refractivity contribution is 0.628. The zero-order valence-electron chi connectivity index (χ0n) is 9.32. The van der Waals surface area contributed by atoms with Crippen LogP contribution >= 0.6 is 11.6 Å². The molecule has 0 fully saturated rings. The number of hydrogen-bond acceptors (Lipinski definition) is 2. The van der Waals surface area contributed by atoms with Crippen molar-refractivity contribution in [3.05, 3.63) is 53.3 Å². The van der Waals surface area contributed by atoms with E-state index in [0.717, 1.165) is 11.4 Å². The van der Waals surface area contributed by atoms with E-state index in [9.17, 15) is 4.39 Å². The van der Waals surface area contributed by atoms with Gasteiger partial charge in [-0.3, -0.25) is 0 Å². The fourth-order valence-electron chi connectivity index (χ4n) is 1.63. The molecule has 2 aromatic rings. The first-order valence-electron chi connectivity index (χ1n) is 5.12. The quantitative estimate of drug-likeness (QED) is 0.821. The van der Waals surface area contributed by atoms with Gasteiger partial charge >= 0.3 is 0 Å². The van der Waals surface area contributed by atoms with Crippen molar-refractivity contribution in [1.29, 1.82) is 0 Å². The molecule has 2 aromatic carbocycles. The summed E-state index contributed by atoms with van der Waals surface area (Å²) in [4.78, 5) is 1.80. The van der Waals surface area contributed by atoms with Gasteiger partial charge in [0.2, 0.25) is 0 Å². The summed E-state index contributed by atoms with van der Waals surface area (Å²) in [5.74, 6) is -0.282. The maximum absolute atomic E-state index is 13.1. The first kappa shape index (κ1) is 11.7. The monoisotopic (exact) mass is 250 g/mol. The average Bonchev–Trinajstić information content (AvgIpc) is 2.31. The maximum Gasteiger partial charge on any atom is 0.125 e. The van der Waals surface area contributed by atoms with Crippen molar-refractivity contribution in [3.63, 3.8) is 0 Å². The van der Waals surface area contributed by atoms with Gasteiger partial charge in [0.1, 0.15) is 5.82 Å². The highest BCUT2D eigenvalue weighted by Crippen LogP contribution is 2.31. The van der Waals surface area contributed by atoms with Gasteiger partial charge in [0, 0.05) is 17.8 Å². The summed E-state index contributed by atoms with van der Waals surface area (Å²) in [6.45, 7) is 0. The molecule has 2 N–H and O–H groups in total. The Kier molecular flexibility index (Phi) is 3.20. The Labute approximate surface area is 104 Å². The second kappa shape index (κ2) is 4.63. The maximum atomic E-state index is 13.1. The van der Waals surface area contributed by atoms with Crippen molar-refractivity contribution < 1.29 is 4.39 Å². The van der Waals surface area contributed by atoms with Crippen LogP contribution in [0.3, 0.4) is 0 Å². The predicted octanol–water partition coefficient (Wildman–Crippen LogP) is 3.83. The highest BCUT2D eigenvalue weighted by atomic mass is 35.5. The van der Waals surface area contributed by atoms with E-state index in [-0.39, 0.29) is 5.82 Å². The molecule has 0 bridgehead atoms. The standard InChI is InChI=1S/C13H12ClFN2/c1-17(11-4-2-3-10(15)8-11)13-7-9(14)5-6-12(13)16/h2-8H,16H2,1H3. The predicted molar refractivity (Wildman–Crippen MR) is 70.3 cm³/mol. The van der Waals surface area contributed by atoms with Crippen LogP contribution in [0.15, 0.2) is 42.5 Å². The van der Waals surface area contributed by atoms with Gasteiger partial charge in [0.05, 0.1) is 11.4 Å². The van der Waals surface area contributed by atoms with Gasteiger partial charge < -0.3 is 10.6 Å². The minimum absolute atomic E-state index is 0.282. The molecular weight excluding hydrogens is 239 g/mol. The molecule has 4 heteroatoms. The normalized spacial score (nSPS) is 10.3. The van der Waals surface area contributed by atoms with E-state index in [4.69, 9.17) is 17.3 Å². The number of rotatable bonds is 2. The smallest absolute Gasteiger partial charge is 0.125 e. The molecule has 0 saturated heterocycles. The van der Waals surface area contributed by atoms with Crippen LogP contribution in [-0.4, -0.2) is 7.05 Å². The molecule has 2 rings (SSSR count). The van der Waals surface area contributed by atoms with E-state index in [1.165, 1.54) is 12.1 Å². The molecule has 0 spiro atoms. The Morgan fingerprint density at radius 3 is 2.65 bits per heavy atom. The summed E-state index contributed by atoms with van der Waals surface area (Å²) in [5, 5.41) is 0.595. The van der Waals surface area contributed by atoms with E-state index >= 15 is 0 Å². The highest BCUT2D eigenvalue weighted by Gasteiger charge is 2.08.